The third kappa shape index (κ3) is 4.14. The van der Waals surface area contributed by atoms with E-state index in [1.807, 2.05) is 0 Å². The van der Waals surface area contributed by atoms with Crippen LogP contribution in [0.1, 0.15) is 0 Å². The van der Waals surface area contributed by atoms with Gasteiger partial charge in [-0.2, -0.15) is 0 Å². The fraction of sp³-hybridized carbons (Fsp3) is 0.154. The smallest absolute Gasteiger partial charge is 0.263 e. The summed E-state index contributed by atoms with van der Waals surface area (Å²) in [5, 5.41) is 0. The zero-order chi connectivity index (χ0) is 15.3. The molecule has 0 saturated carbocycles. The minimum Gasteiger partial charge on any atom is -0.492 e. The summed E-state index contributed by atoms with van der Waals surface area (Å²) in [5.41, 5.74) is 5.65. The molecule has 0 fully saturated rings. The van der Waals surface area contributed by atoms with Gasteiger partial charge in [0.1, 0.15) is 23.1 Å². The van der Waals surface area contributed by atoms with E-state index in [0.717, 1.165) is 18.5 Å². The fourth-order valence-corrected chi connectivity index (χ4v) is 2.58. The van der Waals surface area contributed by atoms with E-state index in [-0.39, 0.29) is 4.90 Å². The van der Waals surface area contributed by atoms with Gasteiger partial charge in [0.25, 0.3) is 10.0 Å². The van der Waals surface area contributed by atoms with Gasteiger partial charge in [0.15, 0.2) is 0 Å². The molecular weight excluding hydrogens is 297 g/mol. The summed E-state index contributed by atoms with van der Waals surface area (Å²) in [6, 6.07) is 7.19. The van der Waals surface area contributed by atoms with Gasteiger partial charge in [-0.05, 0) is 30.3 Å². The first-order valence-corrected chi connectivity index (χ1v) is 7.56. The molecule has 6 nitrogen and oxygen atoms in total. The fourth-order valence-electron chi connectivity index (χ4n) is 1.55. The number of hydrogen-bond acceptors (Lipinski definition) is 5. The number of halogens is 1. The van der Waals surface area contributed by atoms with Crippen LogP contribution in [-0.2, 0) is 10.0 Å². The van der Waals surface area contributed by atoms with Gasteiger partial charge in [-0.25, -0.2) is 12.8 Å². The zero-order valence-corrected chi connectivity index (χ0v) is 11.8. The lowest BCUT2D eigenvalue weighted by molar-refractivity contribution is 0.328. The van der Waals surface area contributed by atoms with Crippen LogP contribution in [0.5, 0.6) is 5.75 Å². The third-order valence-corrected chi connectivity index (χ3v) is 3.83. The number of nitrogens with two attached hydrogens (primary N) is 1. The van der Waals surface area contributed by atoms with Crippen LogP contribution in [0.25, 0.3) is 0 Å². The molecule has 1 aromatic heterocycles. The summed E-state index contributed by atoms with van der Waals surface area (Å²) < 4.78 is 44.7. The average Bonchev–Trinajstić information content (AvgIpc) is 2.46. The van der Waals surface area contributed by atoms with Crippen LogP contribution < -0.4 is 15.2 Å². The van der Waals surface area contributed by atoms with E-state index >= 15 is 0 Å². The lowest BCUT2D eigenvalue weighted by Gasteiger charge is -2.09. The molecule has 0 amide bonds. The number of ether oxygens (including phenoxy) is 1. The average molecular weight is 311 g/mol. The summed E-state index contributed by atoms with van der Waals surface area (Å²) in [4.78, 5) is 3.27. The second kappa shape index (κ2) is 6.51. The van der Waals surface area contributed by atoms with Crippen molar-refractivity contribution in [2.75, 3.05) is 17.9 Å². The van der Waals surface area contributed by atoms with Gasteiger partial charge in [-0.3, -0.25) is 9.71 Å². The second-order valence-corrected chi connectivity index (χ2v) is 5.79. The third-order valence-electron chi connectivity index (χ3n) is 2.48. The van der Waals surface area contributed by atoms with Crippen molar-refractivity contribution in [2.45, 2.75) is 4.90 Å². The van der Waals surface area contributed by atoms with E-state index in [0.29, 0.717) is 24.6 Å². The highest BCUT2D eigenvalue weighted by Gasteiger charge is 2.15. The van der Waals surface area contributed by atoms with Crippen LogP contribution in [0, 0.1) is 5.82 Å². The molecule has 0 aliphatic rings. The molecular formula is C13H14FN3O3S. The van der Waals surface area contributed by atoms with Crippen LogP contribution in [0.2, 0.25) is 0 Å². The maximum atomic E-state index is 13.0. The van der Waals surface area contributed by atoms with Crippen LogP contribution in [-0.4, -0.2) is 26.6 Å². The summed E-state index contributed by atoms with van der Waals surface area (Å²) in [6.07, 6.45) is 2.01. The molecule has 0 aliphatic heterocycles. The largest absolute Gasteiger partial charge is 0.492 e. The summed E-state index contributed by atoms with van der Waals surface area (Å²) in [7, 11) is -3.88. The molecule has 1 aromatic carbocycles. The second-order valence-electron chi connectivity index (χ2n) is 4.11. The molecule has 1 heterocycles. The molecule has 2 aromatic rings. The molecule has 0 unspecified atom stereocenters. The van der Waals surface area contributed by atoms with Gasteiger partial charge in [0, 0.05) is 18.4 Å². The topological polar surface area (TPSA) is 94.3 Å². The molecule has 0 bridgehead atoms. The van der Waals surface area contributed by atoms with Crippen molar-refractivity contribution >= 4 is 15.7 Å². The van der Waals surface area contributed by atoms with Crippen molar-refractivity contribution in [3.8, 4) is 5.75 Å². The van der Waals surface area contributed by atoms with Crippen molar-refractivity contribution in [1.82, 2.24) is 4.98 Å². The Hall–Kier alpha value is -2.19. The highest BCUT2D eigenvalue weighted by Crippen LogP contribution is 2.19. The van der Waals surface area contributed by atoms with E-state index in [4.69, 9.17) is 10.5 Å². The minimum atomic E-state index is -3.88. The first-order valence-electron chi connectivity index (χ1n) is 6.07. The van der Waals surface area contributed by atoms with Crippen LogP contribution in [0.3, 0.4) is 0 Å². The SMILES string of the molecule is NCCOc1ccc(NS(=O)(=O)c2cncc(F)c2)cc1. The lowest BCUT2D eigenvalue weighted by Crippen LogP contribution is -2.13. The summed E-state index contributed by atoms with van der Waals surface area (Å²) in [6.45, 7) is 0.765. The number of benzene rings is 1. The number of anilines is 1. The zero-order valence-electron chi connectivity index (χ0n) is 11.0. The maximum Gasteiger partial charge on any atom is 0.263 e. The van der Waals surface area contributed by atoms with Gasteiger partial charge in [-0.15, -0.1) is 0 Å². The van der Waals surface area contributed by atoms with Crippen molar-refractivity contribution in [3.63, 3.8) is 0 Å². The van der Waals surface area contributed by atoms with E-state index in [2.05, 4.69) is 9.71 Å². The molecule has 0 atom stereocenters. The molecule has 8 heteroatoms. The number of hydrogen-bond donors (Lipinski definition) is 2. The molecule has 0 saturated heterocycles. The van der Waals surface area contributed by atoms with Crippen molar-refractivity contribution in [1.29, 1.82) is 0 Å². The van der Waals surface area contributed by atoms with Gasteiger partial charge in [0.05, 0.1) is 6.20 Å². The Morgan fingerprint density at radius 3 is 2.57 bits per heavy atom. The number of sulfonamides is 1. The van der Waals surface area contributed by atoms with Crippen molar-refractivity contribution < 1.29 is 17.5 Å². The van der Waals surface area contributed by atoms with Gasteiger partial charge in [-0.1, -0.05) is 0 Å². The lowest BCUT2D eigenvalue weighted by atomic mass is 10.3. The van der Waals surface area contributed by atoms with Crippen LogP contribution >= 0.6 is 0 Å². The Bertz CT molecular complexity index is 705. The summed E-state index contributed by atoms with van der Waals surface area (Å²) >= 11 is 0. The Labute approximate surface area is 121 Å². The normalized spacial score (nSPS) is 11.1. The molecule has 3 N–H and O–H groups in total. The molecule has 0 radical (unpaired) electrons. The number of nitrogens with zero attached hydrogens (tertiary/aromatic N) is 1. The van der Waals surface area contributed by atoms with E-state index < -0.39 is 15.8 Å². The Morgan fingerprint density at radius 2 is 1.95 bits per heavy atom. The maximum absolute atomic E-state index is 13.0. The van der Waals surface area contributed by atoms with Gasteiger partial charge in [0.2, 0.25) is 0 Å². The number of rotatable bonds is 6. The molecule has 0 aliphatic carbocycles. The number of nitrogens with one attached hydrogen (secondary N) is 1. The van der Waals surface area contributed by atoms with E-state index in [9.17, 15) is 12.8 Å². The Morgan fingerprint density at radius 1 is 1.24 bits per heavy atom. The predicted octanol–water partition coefficient (Wildman–Crippen LogP) is 1.36. The monoisotopic (exact) mass is 311 g/mol. The standard InChI is InChI=1S/C13H14FN3O3S/c14-10-7-13(9-16-8-10)21(18,19)17-11-1-3-12(4-2-11)20-6-5-15/h1-4,7-9,17H,5-6,15H2. The Balaban J connectivity index is 2.13. The number of aromatic nitrogens is 1. The number of pyridine rings is 1. The minimum absolute atomic E-state index is 0.244. The van der Waals surface area contributed by atoms with Gasteiger partial charge >= 0.3 is 0 Å². The van der Waals surface area contributed by atoms with E-state index in [1.54, 1.807) is 12.1 Å². The Kier molecular flexibility index (Phi) is 4.71. The quantitative estimate of drug-likeness (QED) is 0.840. The van der Waals surface area contributed by atoms with Crippen molar-refractivity contribution in [3.05, 3.63) is 48.5 Å². The van der Waals surface area contributed by atoms with Gasteiger partial charge < -0.3 is 10.5 Å². The first-order chi connectivity index (χ1) is 10.0. The van der Waals surface area contributed by atoms with Crippen LogP contribution in [0.15, 0.2) is 47.6 Å². The molecule has 21 heavy (non-hydrogen) atoms. The predicted molar refractivity (Wildman–Crippen MR) is 76.0 cm³/mol. The summed E-state index contributed by atoms with van der Waals surface area (Å²) in [5.74, 6) is -0.140. The van der Waals surface area contributed by atoms with Crippen LogP contribution in [0.4, 0.5) is 10.1 Å². The molecule has 112 valence electrons. The van der Waals surface area contributed by atoms with E-state index in [1.165, 1.54) is 12.1 Å². The van der Waals surface area contributed by atoms with Crippen molar-refractivity contribution in [2.24, 2.45) is 5.73 Å². The molecule has 2 rings (SSSR count). The highest BCUT2D eigenvalue weighted by atomic mass is 32.2. The highest BCUT2D eigenvalue weighted by molar-refractivity contribution is 7.92. The first kappa shape index (κ1) is 15.2. The molecule has 0 spiro atoms.